The number of unbranched alkanes of at least 4 members (excludes halogenated alkanes) is 2. The molecule has 162 valence electrons. The predicted octanol–water partition coefficient (Wildman–Crippen LogP) is 4.07. The lowest BCUT2D eigenvalue weighted by Gasteiger charge is -2.16. The van der Waals surface area contributed by atoms with Crippen LogP contribution in [0.3, 0.4) is 0 Å². The number of hydrogen-bond donors (Lipinski definition) is 1. The van der Waals surface area contributed by atoms with Crippen LogP contribution in [0, 0.1) is 0 Å². The van der Waals surface area contributed by atoms with Crippen molar-refractivity contribution >= 4 is 33.2 Å². The topological polar surface area (TPSA) is 81.3 Å². The third kappa shape index (κ3) is 4.43. The van der Waals surface area contributed by atoms with E-state index in [9.17, 15) is 9.59 Å². The summed E-state index contributed by atoms with van der Waals surface area (Å²) in [5.41, 5.74) is 0.851. The Balaban J connectivity index is 1.54. The van der Waals surface area contributed by atoms with Gasteiger partial charge in [-0.3, -0.25) is 18.6 Å². The van der Waals surface area contributed by atoms with Gasteiger partial charge in [0.15, 0.2) is 0 Å². The van der Waals surface area contributed by atoms with Crippen LogP contribution in [-0.4, -0.2) is 31.1 Å². The summed E-state index contributed by atoms with van der Waals surface area (Å²) in [7, 11) is 0. The fraction of sp³-hybridized carbons (Fsp3) is 0.636. The molecule has 1 aliphatic carbocycles. The highest BCUT2D eigenvalue weighted by molar-refractivity contribution is 7.17. The molecule has 4 rings (SSSR count). The van der Waals surface area contributed by atoms with E-state index in [1.165, 1.54) is 37.0 Å². The second-order valence-corrected chi connectivity index (χ2v) is 9.22. The first-order valence-corrected chi connectivity index (χ1v) is 12.2. The van der Waals surface area contributed by atoms with Gasteiger partial charge in [-0.05, 0) is 30.7 Å². The van der Waals surface area contributed by atoms with Crippen molar-refractivity contribution in [3.8, 4) is 0 Å². The number of nitrogens with zero attached hydrogens (tertiary/aromatic N) is 4. The quantitative estimate of drug-likeness (QED) is 0.432. The normalized spacial score (nSPS) is 15.6. The molecule has 1 saturated carbocycles. The first-order valence-electron chi connectivity index (χ1n) is 11.3. The Morgan fingerprint density at radius 1 is 1.20 bits per heavy atom. The van der Waals surface area contributed by atoms with Crippen molar-refractivity contribution in [2.75, 3.05) is 0 Å². The molecule has 1 N–H and O–H groups in total. The molecule has 3 aromatic rings. The van der Waals surface area contributed by atoms with Crippen molar-refractivity contribution in [3.05, 3.63) is 27.6 Å². The van der Waals surface area contributed by atoms with Gasteiger partial charge in [-0.15, -0.1) is 21.5 Å². The van der Waals surface area contributed by atoms with Crippen molar-refractivity contribution in [2.45, 2.75) is 90.1 Å². The molecule has 30 heavy (non-hydrogen) atoms. The third-order valence-corrected chi connectivity index (χ3v) is 6.95. The van der Waals surface area contributed by atoms with Crippen LogP contribution in [0.4, 0.5) is 0 Å². The highest BCUT2D eigenvalue weighted by atomic mass is 32.1. The van der Waals surface area contributed by atoms with Crippen LogP contribution in [0.15, 0.2) is 16.2 Å². The molecule has 0 aliphatic heterocycles. The SMILES string of the molecule is CCCCCn1c(=O)c2sccc2n2c(CCC(=O)NC3CCCCCC3)nnc12. The lowest BCUT2D eigenvalue weighted by molar-refractivity contribution is -0.121. The zero-order valence-corrected chi connectivity index (χ0v) is 18.5. The van der Waals surface area contributed by atoms with Gasteiger partial charge < -0.3 is 5.32 Å². The lowest BCUT2D eigenvalue weighted by atomic mass is 10.1. The summed E-state index contributed by atoms with van der Waals surface area (Å²) >= 11 is 1.45. The molecule has 7 nitrogen and oxygen atoms in total. The van der Waals surface area contributed by atoms with E-state index in [2.05, 4.69) is 22.4 Å². The Kier molecular flexibility index (Phi) is 6.82. The second-order valence-electron chi connectivity index (χ2n) is 8.31. The summed E-state index contributed by atoms with van der Waals surface area (Å²) in [6, 6.07) is 2.26. The summed E-state index contributed by atoms with van der Waals surface area (Å²) < 4.78 is 4.44. The minimum absolute atomic E-state index is 0.00802. The summed E-state index contributed by atoms with van der Waals surface area (Å²) in [6.45, 7) is 2.79. The van der Waals surface area contributed by atoms with Gasteiger partial charge in [0.2, 0.25) is 11.7 Å². The minimum atomic E-state index is 0.00802. The molecule has 0 spiro atoms. The van der Waals surface area contributed by atoms with Crippen LogP contribution >= 0.6 is 11.3 Å². The van der Waals surface area contributed by atoms with Crippen LogP contribution < -0.4 is 10.9 Å². The summed E-state index contributed by atoms with van der Waals surface area (Å²) in [6.07, 6.45) is 11.1. The molecule has 0 bridgehead atoms. The maximum atomic E-state index is 13.0. The van der Waals surface area contributed by atoms with Gasteiger partial charge >= 0.3 is 0 Å². The Morgan fingerprint density at radius 3 is 2.77 bits per heavy atom. The van der Waals surface area contributed by atoms with Crippen LogP contribution in [0.2, 0.25) is 0 Å². The van der Waals surface area contributed by atoms with Crippen molar-refractivity contribution in [1.29, 1.82) is 0 Å². The molecule has 3 aromatic heterocycles. The van der Waals surface area contributed by atoms with Crippen LogP contribution in [-0.2, 0) is 17.8 Å². The molecule has 1 fully saturated rings. The number of carbonyl (C=O) groups excluding carboxylic acids is 1. The highest BCUT2D eigenvalue weighted by Gasteiger charge is 2.19. The molecule has 0 aromatic carbocycles. The molecule has 1 amide bonds. The van der Waals surface area contributed by atoms with Gasteiger partial charge in [-0.2, -0.15) is 0 Å². The Labute approximate surface area is 180 Å². The number of aromatic nitrogens is 4. The Morgan fingerprint density at radius 2 is 2.00 bits per heavy atom. The largest absolute Gasteiger partial charge is 0.353 e. The van der Waals surface area contributed by atoms with Gasteiger partial charge in [0.25, 0.3) is 5.56 Å². The molecule has 0 radical (unpaired) electrons. The van der Waals surface area contributed by atoms with E-state index in [4.69, 9.17) is 0 Å². The molecule has 0 atom stereocenters. The maximum absolute atomic E-state index is 13.0. The number of rotatable bonds is 8. The van der Waals surface area contributed by atoms with Gasteiger partial charge in [-0.1, -0.05) is 45.4 Å². The Hall–Kier alpha value is -2.22. The van der Waals surface area contributed by atoms with E-state index in [-0.39, 0.29) is 11.5 Å². The smallest absolute Gasteiger partial charge is 0.272 e. The first kappa shape index (κ1) is 21.0. The lowest BCUT2D eigenvalue weighted by Crippen LogP contribution is -2.34. The molecular weight excluding hydrogens is 398 g/mol. The molecule has 3 heterocycles. The number of hydrogen-bond acceptors (Lipinski definition) is 5. The fourth-order valence-corrected chi connectivity index (χ4v) is 5.24. The number of fused-ring (bicyclic) bond motifs is 3. The maximum Gasteiger partial charge on any atom is 0.272 e. The summed E-state index contributed by atoms with van der Waals surface area (Å²) in [5, 5.41) is 13.9. The van der Waals surface area contributed by atoms with Crippen molar-refractivity contribution in [3.63, 3.8) is 0 Å². The molecule has 8 heteroatoms. The first-order chi connectivity index (χ1) is 14.7. The predicted molar refractivity (Wildman–Crippen MR) is 120 cm³/mol. The van der Waals surface area contributed by atoms with E-state index in [0.29, 0.717) is 31.2 Å². The van der Waals surface area contributed by atoms with Gasteiger partial charge in [0.1, 0.15) is 10.5 Å². The zero-order chi connectivity index (χ0) is 20.9. The van der Waals surface area contributed by atoms with Gasteiger partial charge in [0, 0.05) is 25.4 Å². The van der Waals surface area contributed by atoms with E-state index < -0.39 is 0 Å². The van der Waals surface area contributed by atoms with E-state index in [1.54, 1.807) is 4.57 Å². The number of nitrogens with one attached hydrogen (secondary N) is 1. The number of carbonyl (C=O) groups is 1. The highest BCUT2D eigenvalue weighted by Crippen LogP contribution is 2.21. The number of amides is 1. The molecule has 0 saturated heterocycles. The number of thiophene rings is 1. The van der Waals surface area contributed by atoms with E-state index in [1.807, 2.05) is 15.8 Å². The van der Waals surface area contributed by atoms with Crippen LogP contribution in [0.5, 0.6) is 0 Å². The van der Waals surface area contributed by atoms with Crippen LogP contribution in [0.25, 0.3) is 16.0 Å². The standard InChI is InChI=1S/C22H31N5O2S/c1-2-3-8-14-26-21(29)20-17(13-15-30-20)27-18(24-25-22(26)27)11-12-19(28)23-16-9-6-4-5-7-10-16/h13,15-16H,2-12,14H2,1H3,(H,23,28). The van der Waals surface area contributed by atoms with Gasteiger partial charge in [0.05, 0.1) is 5.52 Å². The number of aryl methyl sites for hydroxylation is 2. The monoisotopic (exact) mass is 429 g/mol. The third-order valence-electron chi connectivity index (χ3n) is 6.06. The average molecular weight is 430 g/mol. The second kappa shape index (κ2) is 9.73. The summed E-state index contributed by atoms with van der Waals surface area (Å²) in [4.78, 5) is 25.5. The fourth-order valence-electron chi connectivity index (χ4n) is 4.41. The van der Waals surface area contributed by atoms with Crippen molar-refractivity contribution in [2.24, 2.45) is 0 Å². The molecule has 0 unspecified atom stereocenters. The minimum Gasteiger partial charge on any atom is -0.353 e. The molecular formula is C22H31N5O2S. The van der Waals surface area contributed by atoms with Gasteiger partial charge in [-0.25, -0.2) is 0 Å². The summed E-state index contributed by atoms with van der Waals surface area (Å²) in [5.74, 6) is 1.41. The van der Waals surface area contributed by atoms with Crippen LogP contribution in [0.1, 0.15) is 77.0 Å². The van der Waals surface area contributed by atoms with Crippen molar-refractivity contribution in [1.82, 2.24) is 24.5 Å². The zero-order valence-electron chi connectivity index (χ0n) is 17.7. The van der Waals surface area contributed by atoms with Crippen molar-refractivity contribution < 1.29 is 4.79 Å². The van der Waals surface area contributed by atoms with E-state index in [0.717, 1.165) is 48.1 Å². The van der Waals surface area contributed by atoms with E-state index >= 15 is 0 Å². The average Bonchev–Trinajstić information content (AvgIpc) is 3.31. The molecule has 1 aliphatic rings. The Bertz CT molecular complexity index is 1060.